The number of phenolic OH excluding ortho intramolecular Hbond substituents is 1. The highest BCUT2D eigenvalue weighted by Crippen LogP contribution is 2.28. The number of amides is 2. The lowest BCUT2D eigenvalue weighted by Crippen LogP contribution is -2.51. The normalized spacial score (nSPS) is 20.1. The van der Waals surface area contributed by atoms with Crippen LogP contribution in [0.25, 0.3) is 5.57 Å². The quantitative estimate of drug-likeness (QED) is 0.319. The summed E-state index contributed by atoms with van der Waals surface area (Å²) in [5.41, 5.74) is 10.4. The molecular weight excluding hydrogens is 466 g/mol. The zero-order valence-electron chi connectivity index (χ0n) is 21.1. The summed E-state index contributed by atoms with van der Waals surface area (Å²) in [7, 11) is 0. The molecule has 2 aliphatic heterocycles. The Hall–Kier alpha value is -3.78. The maximum Gasteiger partial charge on any atom is 0.236 e. The van der Waals surface area contributed by atoms with E-state index < -0.39 is 0 Å². The fourth-order valence-electron chi connectivity index (χ4n) is 5.32. The lowest BCUT2D eigenvalue weighted by atomic mass is 9.97. The van der Waals surface area contributed by atoms with Crippen LogP contribution in [0, 0.1) is 5.92 Å². The van der Waals surface area contributed by atoms with Gasteiger partial charge in [-0.25, -0.2) is 0 Å². The van der Waals surface area contributed by atoms with Crippen molar-refractivity contribution in [2.24, 2.45) is 5.92 Å². The summed E-state index contributed by atoms with van der Waals surface area (Å²) in [5.74, 6) is -0.148. The zero-order chi connectivity index (χ0) is 25.8. The van der Waals surface area contributed by atoms with Crippen LogP contribution in [0.4, 0.5) is 17.1 Å². The summed E-state index contributed by atoms with van der Waals surface area (Å²) in [6, 6.07) is 13.4. The van der Waals surface area contributed by atoms with E-state index in [9.17, 15) is 14.7 Å². The van der Waals surface area contributed by atoms with E-state index in [-0.39, 0.29) is 29.2 Å². The molecule has 2 aromatic carbocycles. The van der Waals surface area contributed by atoms with Crippen LogP contribution in [0.2, 0.25) is 0 Å². The number of piperazine rings is 1. The molecule has 0 bridgehead atoms. The molecule has 2 amide bonds. The van der Waals surface area contributed by atoms with Gasteiger partial charge in [0.2, 0.25) is 11.8 Å². The van der Waals surface area contributed by atoms with Crippen molar-refractivity contribution in [3.05, 3.63) is 66.3 Å². The Balaban J connectivity index is 1.09. The molecule has 3 aliphatic rings. The van der Waals surface area contributed by atoms with Crippen molar-refractivity contribution in [2.75, 3.05) is 61.8 Å². The van der Waals surface area contributed by atoms with Gasteiger partial charge in [-0.15, -0.1) is 0 Å². The lowest BCUT2D eigenvalue weighted by Gasteiger charge is -2.37. The Kier molecular flexibility index (Phi) is 7.46. The highest BCUT2D eigenvalue weighted by molar-refractivity contribution is 5.93. The Bertz CT molecular complexity index is 1220. The average molecular weight is 502 g/mol. The molecule has 0 unspecified atom stereocenters. The molecule has 1 aliphatic carbocycles. The number of carbonyl (C=O) groups is 2. The predicted octanol–water partition coefficient (Wildman–Crippen LogP) is 3.32. The molecule has 0 aromatic heterocycles. The number of hydrogen-bond donors (Lipinski definition) is 3. The fraction of sp³-hybridized carbons (Fsp3) is 0.379. The van der Waals surface area contributed by atoms with Crippen molar-refractivity contribution in [1.29, 1.82) is 0 Å². The molecule has 37 heavy (non-hydrogen) atoms. The van der Waals surface area contributed by atoms with Crippen molar-refractivity contribution in [1.82, 2.24) is 9.80 Å². The molecule has 2 fully saturated rings. The number of likely N-dealkylation sites (tertiary alicyclic amines) is 1. The molecule has 5 rings (SSSR count). The Morgan fingerprint density at radius 2 is 1.89 bits per heavy atom. The van der Waals surface area contributed by atoms with Crippen LogP contribution in [-0.4, -0.2) is 72.5 Å². The number of hydrogen-bond acceptors (Lipinski definition) is 6. The monoisotopic (exact) mass is 501 g/mol. The second-order valence-corrected chi connectivity index (χ2v) is 10.1. The number of rotatable bonds is 6. The van der Waals surface area contributed by atoms with Crippen LogP contribution >= 0.6 is 0 Å². The Morgan fingerprint density at radius 3 is 2.65 bits per heavy atom. The van der Waals surface area contributed by atoms with Crippen molar-refractivity contribution < 1.29 is 14.7 Å². The van der Waals surface area contributed by atoms with Crippen molar-refractivity contribution in [2.45, 2.75) is 19.3 Å². The minimum Gasteiger partial charge on any atom is -0.506 e. The highest BCUT2D eigenvalue weighted by Gasteiger charge is 2.31. The number of allylic oxidation sites excluding steroid dienone is 4. The van der Waals surface area contributed by atoms with E-state index in [0.29, 0.717) is 38.3 Å². The number of phenols is 1. The van der Waals surface area contributed by atoms with Gasteiger partial charge >= 0.3 is 0 Å². The number of nitrogens with one attached hydrogen (secondary N) is 1. The highest BCUT2D eigenvalue weighted by atomic mass is 16.3. The number of nitrogens with two attached hydrogens (primary N) is 1. The third-order valence-electron chi connectivity index (χ3n) is 7.53. The molecule has 1 atom stereocenters. The molecule has 0 spiro atoms. The summed E-state index contributed by atoms with van der Waals surface area (Å²) in [6.45, 7) is 4.66. The predicted molar refractivity (Wildman–Crippen MR) is 147 cm³/mol. The van der Waals surface area contributed by atoms with Gasteiger partial charge in [-0.2, -0.15) is 0 Å². The van der Waals surface area contributed by atoms with E-state index in [1.165, 1.54) is 22.9 Å². The lowest BCUT2D eigenvalue weighted by molar-refractivity contribution is -0.132. The number of aromatic hydroxyl groups is 1. The molecule has 194 valence electrons. The maximum atomic E-state index is 13.0. The second-order valence-electron chi connectivity index (χ2n) is 10.1. The third-order valence-corrected chi connectivity index (χ3v) is 7.53. The number of anilines is 3. The summed E-state index contributed by atoms with van der Waals surface area (Å²) in [4.78, 5) is 32.1. The van der Waals surface area contributed by atoms with Gasteiger partial charge in [0, 0.05) is 44.1 Å². The van der Waals surface area contributed by atoms with Crippen LogP contribution in [-0.2, 0) is 9.59 Å². The summed E-state index contributed by atoms with van der Waals surface area (Å²) in [5, 5.41) is 12.4. The van der Waals surface area contributed by atoms with Gasteiger partial charge in [0.05, 0.1) is 18.2 Å². The Morgan fingerprint density at radius 1 is 1.05 bits per heavy atom. The zero-order valence-corrected chi connectivity index (χ0v) is 21.1. The molecule has 4 N–H and O–H groups in total. The largest absolute Gasteiger partial charge is 0.506 e. The number of nitrogen functional groups attached to an aromatic ring is 1. The topological polar surface area (TPSA) is 102 Å². The summed E-state index contributed by atoms with van der Waals surface area (Å²) >= 11 is 0. The standard InChI is InChI=1S/C29H35N5O3/c30-26-18-24(9-10-27(26)35)31-29(37)23-11-12-32(19-23)20-28(36)34-15-13-33(14-16-34)25-8-4-7-22(17-25)21-5-2-1-3-6-21/h1-2,4-5,7-10,17-18,23,35H,3,6,11-16,19-20,30H2,(H,31,37)/t23-/m1/s1. The van der Waals surface area contributed by atoms with Gasteiger partial charge in [-0.3, -0.25) is 14.5 Å². The molecule has 0 radical (unpaired) electrons. The van der Waals surface area contributed by atoms with Gasteiger partial charge in [-0.1, -0.05) is 30.4 Å². The van der Waals surface area contributed by atoms with Gasteiger partial charge < -0.3 is 26.0 Å². The van der Waals surface area contributed by atoms with E-state index in [4.69, 9.17) is 5.73 Å². The molecule has 8 nitrogen and oxygen atoms in total. The minimum absolute atomic E-state index is 0.00679. The molecular formula is C29H35N5O3. The van der Waals surface area contributed by atoms with E-state index in [1.807, 2.05) is 4.90 Å². The van der Waals surface area contributed by atoms with E-state index in [2.05, 4.69) is 57.6 Å². The molecule has 2 heterocycles. The first-order valence-corrected chi connectivity index (χ1v) is 13.1. The van der Waals surface area contributed by atoms with Crippen LogP contribution in [0.3, 0.4) is 0 Å². The van der Waals surface area contributed by atoms with Gasteiger partial charge in [0.15, 0.2) is 0 Å². The Labute approximate surface area is 218 Å². The molecule has 8 heteroatoms. The first kappa shape index (κ1) is 24.9. The van der Waals surface area contributed by atoms with Crippen LogP contribution in [0.5, 0.6) is 5.75 Å². The molecule has 0 saturated carbocycles. The van der Waals surface area contributed by atoms with Gasteiger partial charge in [0.25, 0.3) is 0 Å². The van der Waals surface area contributed by atoms with Crippen molar-refractivity contribution in [3.63, 3.8) is 0 Å². The van der Waals surface area contributed by atoms with Gasteiger partial charge in [0.1, 0.15) is 5.75 Å². The first-order chi connectivity index (χ1) is 18.0. The number of nitrogens with zero attached hydrogens (tertiary/aromatic N) is 3. The van der Waals surface area contributed by atoms with E-state index in [0.717, 1.165) is 32.5 Å². The third kappa shape index (κ3) is 5.97. The second kappa shape index (κ2) is 11.1. The number of carbonyl (C=O) groups excluding carboxylic acids is 2. The molecule has 2 saturated heterocycles. The van der Waals surface area contributed by atoms with Gasteiger partial charge in [-0.05, 0) is 67.3 Å². The smallest absolute Gasteiger partial charge is 0.236 e. The maximum absolute atomic E-state index is 13.0. The van der Waals surface area contributed by atoms with E-state index in [1.54, 1.807) is 12.1 Å². The minimum atomic E-state index is -0.179. The average Bonchev–Trinajstić information content (AvgIpc) is 3.40. The summed E-state index contributed by atoms with van der Waals surface area (Å²) in [6.07, 6.45) is 9.42. The number of benzene rings is 2. The van der Waals surface area contributed by atoms with Crippen LogP contribution < -0.4 is 16.0 Å². The van der Waals surface area contributed by atoms with Crippen LogP contribution in [0.1, 0.15) is 24.8 Å². The molecule has 2 aromatic rings. The van der Waals surface area contributed by atoms with Crippen molar-refractivity contribution in [3.8, 4) is 5.75 Å². The van der Waals surface area contributed by atoms with E-state index >= 15 is 0 Å². The fourth-order valence-corrected chi connectivity index (χ4v) is 5.32. The SMILES string of the molecule is Nc1cc(NC(=O)[C@@H]2CCN(CC(=O)N3CCN(c4cccc(C5=CC=CCC5)c4)CC3)C2)ccc1O. The van der Waals surface area contributed by atoms with Crippen LogP contribution in [0.15, 0.2) is 60.7 Å². The summed E-state index contributed by atoms with van der Waals surface area (Å²) < 4.78 is 0. The first-order valence-electron chi connectivity index (χ1n) is 13.1. The van der Waals surface area contributed by atoms with Crippen molar-refractivity contribution >= 4 is 34.4 Å².